The lowest BCUT2D eigenvalue weighted by Crippen LogP contribution is -1.88. The molecule has 0 unspecified atom stereocenters. The Morgan fingerprint density at radius 3 is 2.25 bits per heavy atom. The highest BCUT2D eigenvalue weighted by atomic mass is 28.1. The van der Waals surface area contributed by atoms with Crippen LogP contribution in [0.25, 0.3) is 0 Å². The van der Waals surface area contributed by atoms with Crippen LogP contribution in [0, 0.1) is 0 Å². The van der Waals surface area contributed by atoms with E-state index in [-0.39, 0.29) is 16.9 Å². The van der Waals surface area contributed by atoms with Crippen LogP contribution in [0.5, 0.6) is 0 Å². The Labute approximate surface area is 53.6 Å². The molecule has 0 aliphatic heterocycles. The van der Waals surface area contributed by atoms with Gasteiger partial charge in [-0.1, -0.05) is 6.08 Å². The van der Waals surface area contributed by atoms with Gasteiger partial charge < -0.3 is 4.74 Å². The molecule has 0 rings (SSSR count). The zero-order valence-corrected chi connectivity index (χ0v) is 7.47. The van der Waals surface area contributed by atoms with Crippen LogP contribution in [0.15, 0.2) is 12.3 Å². The molecule has 0 fully saturated rings. The van der Waals surface area contributed by atoms with Gasteiger partial charge in [0.15, 0.2) is 0 Å². The number of ether oxygens (including phenoxy) is 1. The van der Waals surface area contributed by atoms with Crippen LogP contribution in [0.3, 0.4) is 0 Å². The van der Waals surface area contributed by atoms with Gasteiger partial charge in [0.05, 0.1) is 6.26 Å². The second-order valence-electron chi connectivity index (χ2n) is 1.08. The van der Waals surface area contributed by atoms with E-state index in [2.05, 4.69) is 4.74 Å². The first-order chi connectivity index (χ1) is 3.27. The quantitative estimate of drug-likeness (QED) is 0.282. The van der Waals surface area contributed by atoms with Gasteiger partial charge in [-0.3, -0.25) is 4.79 Å². The minimum Gasteiger partial charge on any atom is -0.435 e. The summed E-state index contributed by atoms with van der Waals surface area (Å²) < 4.78 is 4.37. The Kier molecular flexibility index (Phi) is 8.37. The van der Waals surface area contributed by atoms with Crippen molar-refractivity contribution in [3.63, 3.8) is 0 Å². The standard InChI is InChI=1S/C5H8O2.H3Si/c1-3-4-7-5(2)6;/h3-4H,1-2H3;1H3. The third kappa shape index (κ3) is 9.06. The number of esters is 1. The number of hydrogen-bond acceptors (Lipinski definition) is 2. The monoisotopic (exact) mass is 131 g/mol. The maximum atomic E-state index is 9.93. The maximum Gasteiger partial charge on any atom is 0.307 e. The van der Waals surface area contributed by atoms with E-state index >= 15 is 0 Å². The molecule has 0 aromatic heterocycles. The normalized spacial score (nSPS) is 8.25. The van der Waals surface area contributed by atoms with Crippen LogP contribution < -0.4 is 0 Å². The average molecular weight is 131 g/mol. The van der Waals surface area contributed by atoms with E-state index in [0.717, 1.165) is 0 Å². The van der Waals surface area contributed by atoms with Crippen molar-refractivity contribution in [2.45, 2.75) is 13.8 Å². The number of carbonyl (C=O) groups excluding carboxylic acids is 1. The molecule has 0 saturated carbocycles. The third-order valence-corrected chi connectivity index (χ3v) is 0.370. The van der Waals surface area contributed by atoms with E-state index in [1.54, 1.807) is 13.0 Å². The highest BCUT2D eigenvalue weighted by Gasteiger charge is 1.80. The van der Waals surface area contributed by atoms with E-state index in [4.69, 9.17) is 0 Å². The van der Waals surface area contributed by atoms with Gasteiger partial charge in [-0.2, -0.15) is 0 Å². The van der Waals surface area contributed by atoms with Crippen molar-refractivity contribution in [1.82, 2.24) is 0 Å². The molecule has 0 atom stereocenters. The third-order valence-electron chi connectivity index (χ3n) is 0.370. The molecule has 0 spiro atoms. The summed E-state index contributed by atoms with van der Waals surface area (Å²) >= 11 is 0. The van der Waals surface area contributed by atoms with Crippen LogP contribution >= 0.6 is 0 Å². The second-order valence-corrected chi connectivity index (χ2v) is 1.08. The first kappa shape index (κ1) is 10.4. The molecular formula is C5H11O2Si. The lowest BCUT2D eigenvalue weighted by Gasteiger charge is -1.85. The van der Waals surface area contributed by atoms with E-state index in [1.807, 2.05) is 0 Å². The van der Waals surface area contributed by atoms with Gasteiger partial charge >= 0.3 is 5.97 Å². The van der Waals surface area contributed by atoms with Gasteiger partial charge in [0, 0.05) is 6.92 Å². The predicted octanol–water partition coefficient (Wildman–Crippen LogP) is -0.101. The van der Waals surface area contributed by atoms with Gasteiger partial charge in [-0.25, -0.2) is 0 Å². The van der Waals surface area contributed by atoms with Gasteiger partial charge in [0.25, 0.3) is 0 Å². The zero-order chi connectivity index (χ0) is 5.70. The van der Waals surface area contributed by atoms with Crippen LogP contribution in [0.2, 0.25) is 0 Å². The number of rotatable bonds is 1. The van der Waals surface area contributed by atoms with Crippen molar-refractivity contribution >= 4 is 16.9 Å². The summed E-state index contributed by atoms with van der Waals surface area (Å²) in [5, 5.41) is 0. The molecule has 0 aromatic carbocycles. The largest absolute Gasteiger partial charge is 0.435 e. The fraction of sp³-hybridized carbons (Fsp3) is 0.400. The Bertz CT molecular complexity index is 88.4. The van der Waals surface area contributed by atoms with E-state index in [1.165, 1.54) is 13.2 Å². The summed E-state index contributed by atoms with van der Waals surface area (Å²) in [6, 6.07) is 0. The molecule has 0 aliphatic rings. The first-order valence-corrected chi connectivity index (χ1v) is 2.05. The fourth-order valence-electron chi connectivity index (χ4n) is 0.164. The lowest BCUT2D eigenvalue weighted by molar-refractivity contribution is -0.135. The van der Waals surface area contributed by atoms with Gasteiger partial charge in [-0.15, -0.1) is 0 Å². The molecule has 0 bridgehead atoms. The summed E-state index contributed by atoms with van der Waals surface area (Å²) in [6.45, 7) is 3.14. The summed E-state index contributed by atoms with van der Waals surface area (Å²) in [7, 11) is 0. The number of allylic oxidation sites excluding steroid dienone is 1. The van der Waals surface area contributed by atoms with E-state index in [9.17, 15) is 4.79 Å². The summed E-state index contributed by atoms with van der Waals surface area (Å²) in [5.41, 5.74) is 0. The Morgan fingerprint density at radius 1 is 1.62 bits per heavy atom. The predicted molar refractivity (Wildman–Crippen MR) is 36.5 cm³/mol. The van der Waals surface area contributed by atoms with Gasteiger partial charge in [-0.05, 0) is 17.9 Å². The summed E-state index contributed by atoms with van der Waals surface area (Å²) in [4.78, 5) is 9.93. The molecule has 0 saturated heterocycles. The fourth-order valence-corrected chi connectivity index (χ4v) is 0.164. The minimum atomic E-state index is -0.280. The Morgan fingerprint density at radius 2 is 2.12 bits per heavy atom. The molecule has 0 N–H and O–H groups in total. The molecule has 1 radical (unpaired) electrons. The second kappa shape index (κ2) is 6.43. The van der Waals surface area contributed by atoms with Crippen molar-refractivity contribution in [1.29, 1.82) is 0 Å². The topological polar surface area (TPSA) is 26.3 Å². The van der Waals surface area contributed by atoms with Crippen LogP contribution in [0.4, 0.5) is 0 Å². The average Bonchev–Trinajstić information content (AvgIpc) is 1.61. The Hall–Kier alpha value is -0.573. The minimum absolute atomic E-state index is 0. The molecular weight excluding hydrogens is 120 g/mol. The maximum absolute atomic E-state index is 9.93. The molecule has 0 heterocycles. The molecule has 3 heteroatoms. The van der Waals surface area contributed by atoms with Crippen LogP contribution in [-0.4, -0.2) is 16.9 Å². The highest BCUT2D eigenvalue weighted by molar-refractivity contribution is 5.75. The first-order valence-electron chi connectivity index (χ1n) is 2.05. The van der Waals surface area contributed by atoms with Gasteiger partial charge in [0.1, 0.15) is 0 Å². The molecule has 0 aromatic rings. The summed E-state index contributed by atoms with van der Waals surface area (Å²) in [5.74, 6) is -0.280. The van der Waals surface area contributed by atoms with E-state index < -0.39 is 0 Å². The van der Waals surface area contributed by atoms with Gasteiger partial charge in [0.2, 0.25) is 0 Å². The highest BCUT2D eigenvalue weighted by Crippen LogP contribution is 1.75. The van der Waals surface area contributed by atoms with Crippen molar-refractivity contribution in [2.24, 2.45) is 0 Å². The van der Waals surface area contributed by atoms with Crippen molar-refractivity contribution in [3.05, 3.63) is 12.3 Å². The van der Waals surface area contributed by atoms with E-state index in [0.29, 0.717) is 0 Å². The SMILES string of the molecule is CC=COC(C)=O.[SiH3]. The smallest absolute Gasteiger partial charge is 0.307 e. The molecule has 2 nitrogen and oxygen atoms in total. The number of carbonyl (C=O) groups is 1. The van der Waals surface area contributed by atoms with Crippen LogP contribution in [-0.2, 0) is 9.53 Å². The molecule has 8 heavy (non-hydrogen) atoms. The molecule has 0 aliphatic carbocycles. The lowest BCUT2D eigenvalue weighted by atomic mass is 10.7. The van der Waals surface area contributed by atoms with Crippen molar-refractivity contribution in [2.75, 3.05) is 0 Å². The van der Waals surface area contributed by atoms with Crippen molar-refractivity contribution in [3.8, 4) is 0 Å². The number of hydrogen-bond donors (Lipinski definition) is 0. The van der Waals surface area contributed by atoms with Crippen LogP contribution in [0.1, 0.15) is 13.8 Å². The van der Waals surface area contributed by atoms with Crippen molar-refractivity contribution < 1.29 is 9.53 Å². The zero-order valence-electron chi connectivity index (χ0n) is 5.47. The molecule has 0 amide bonds. The summed E-state index contributed by atoms with van der Waals surface area (Å²) in [6.07, 6.45) is 3.00. The molecule has 47 valence electrons. The Balaban J connectivity index is 0.